The standard InChI is InChI=1S/C83H162O5/c1-3-5-7-9-11-13-15-17-19-21-23-25-27-29-31-33-35-37-39-41-43-45-47-49-51-53-55-57-59-61-63-65-67-69-71-73-75-77-82(85)87-80-81(79-84)88-83(86)78-76-74-72-70-68-66-64-62-60-58-56-54-52-50-48-46-44-42-40-38-36-34-32-30-28-26-24-22-20-18-16-14-12-10-8-6-4-2/h22,24,81,84H,3-21,23,25-80H2,1-2H3/b24-22-. The number of unbranched alkanes of at least 4 members (excludes halogenated alkanes) is 69. The molecule has 0 heterocycles. The van der Waals surface area contributed by atoms with Gasteiger partial charge in [0.25, 0.3) is 0 Å². The normalized spacial score (nSPS) is 12.1. The summed E-state index contributed by atoms with van der Waals surface area (Å²) >= 11 is 0. The molecule has 0 radical (unpaired) electrons. The summed E-state index contributed by atoms with van der Waals surface area (Å²) in [6.45, 7) is 4.23. The molecule has 0 aromatic carbocycles. The van der Waals surface area contributed by atoms with Crippen LogP contribution >= 0.6 is 0 Å². The number of allylic oxidation sites excluding steroid dienone is 2. The second-order valence-corrected chi connectivity index (χ2v) is 28.6. The van der Waals surface area contributed by atoms with E-state index in [4.69, 9.17) is 9.47 Å². The maximum Gasteiger partial charge on any atom is 0.306 e. The highest BCUT2D eigenvalue weighted by Crippen LogP contribution is 2.21. The number of esters is 2. The van der Waals surface area contributed by atoms with Crippen molar-refractivity contribution < 1.29 is 24.2 Å². The summed E-state index contributed by atoms with van der Waals surface area (Å²) in [5, 5.41) is 9.73. The van der Waals surface area contributed by atoms with Crippen molar-refractivity contribution >= 4 is 11.9 Å². The summed E-state index contributed by atoms with van der Waals surface area (Å²) < 4.78 is 10.8. The summed E-state index contributed by atoms with van der Waals surface area (Å²) in [7, 11) is 0. The number of rotatable bonds is 79. The molecule has 5 heteroatoms. The fourth-order valence-corrected chi connectivity index (χ4v) is 13.4. The van der Waals surface area contributed by atoms with Gasteiger partial charge in [-0.15, -0.1) is 0 Å². The average molecular weight is 1240 g/mol. The topological polar surface area (TPSA) is 72.8 Å². The lowest BCUT2D eigenvalue weighted by atomic mass is 10.0. The van der Waals surface area contributed by atoms with Crippen LogP contribution in [0.2, 0.25) is 0 Å². The van der Waals surface area contributed by atoms with E-state index in [1.54, 1.807) is 0 Å². The van der Waals surface area contributed by atoms with Crippen LogP contribution in [0.5, 0.6) is 0 Å². The van der Waals surface area contributed by atoms with Crippen LogP contribution in [0.4, 0.5) is 0 Å². The van der Waals surface area contributed by atoms with Gasteiger partial charge in [0, 0.05) is 12.8 Å². The molecule has 0 bridgehead atoms. The van der Waals surface area contributed by atoms with E-state index in [-0.39, 0.29) is 25.2 Å². The van der Waals surface area contributed by atoms with Crippen molar-refractivity contribution in [2.24, 2.45) is 0 Å². The predicted molar refractivity (Wildman–Crippen MR) is 390 cm³/mol. The van der Waals surface area contributed by atoms with Gasteiger partial charge in [0.1, 0.15) is 6.61 Å². The first kappa shape index (κ1) is 86.6. The molecule has 0 rings (SSSR count). The summed E-state index contributed by atoms with van der Waals surface area (Å²) in [5.41, 5.74) is 0. The minimum atomic E-state index is -0.768. The first-order valence-corrected chi connectivity index (χ1v) is 41.2. The molecule has 88 heavy (non-hydrogen) atoms. The minimum absolute atomic E-state index is 0.0560. The molecule has 0 aliphatic heterocycles. The summed E-state index contributed by atoms with van der Waals surface area (Å²) in [4.78, 5) is 24.7. The Balaban J connectivity index is 3.33. The van der Waals surface area contributed by atoms with Gasteiger partial charge < -0.3 is 14.6 Å². The largest absolute Gasteiger partial charge is 0.462 e. The lowest BCUT2D eigenvalue weighted by molar-refractivity contribution is -0.161. The minimum Gasteiger partial charge on any atom is -0.462 e. The Hall–Kier alpha value is -1.36. The van der Waals surface area contributed by atoms with Crippen LogP contribution in [-0.4, -0.2) is 36.4 Å². The van der Waals surface area contributed by atoms with E-state index in [9.17, 15) is 14.7 Å². The van der Waals surface area contributed by atoms with Gasteiger partial charge in [-0.1, -0.05) is 450 Å². The molecular weight excluding hydrogens is 1080 g/mol. The smallest absolute Gasteiger partial charge is 0.306 e. The lowest BCUT2D eigenvalue weighted by Gasteiger charge is -2.15. The SMILES string of the molecule is CCCCCCCCCC/C=C\CCCCCCCCCCCCCCCCCCCCCCCCCCCC(=O)OC(CO)COC(=O)CCCCCCCCCCCCCCCCCCCCCCCCCCCCCCCCCCCCCCC. The van der Waals surface area contributed by atoms with Gasteiger partial charge in [0.15, 0.2) is 6.10 Å². The van der Waals surface area contributed by atoms with Crippen molar-refractivity contribution in [3.63, 3.8) is 0 Å². The zero-order valence-electron chi connectivity index (χ0n) is 60.6. The van der Waals surface area contributed by atoms with Crippen molar-refractivity contribution in [1.82, 2.24) is 0 Å². The van der Waals surface area contributed by atoms with Crippen LogP contribution in [0.3, 0.4) is 0 Å². The third kappa shape index (κ3) is 77.1. The molecule has 1 atom stereocenters. The lowest BCUT2D eigenvalue weighted by Crippen LogP contribution is -2.28. The molecule has 0 aromatic rings. The molecule has 1 N–H and O–H groups in total. The van der Waals surface area contributed by atoms with Gasteiger partial charge in [0.2, 0.25) is 0 Å². The first-order valence-electron chi connectivity index (χ1n) is 41.2. The fraction of sp³-hybridized carbons (Fsp3) is 0.952. The van der Waals surface area contributed by atoms with E-state index >= 15 is 0 Å². The highest BCUT2D eigenvalue weighted by Gasteiger charge is 2.16. The first-order chi connectivity index (χ1) is 43.6. The zero-order chi connectivity index (χ0) is 63.3. The quantitative estimate of drug-likeness (QED) is 0.0373. The van der Waals surface area contributed by atoms with Crippen LogP contribution in [0, 0.1) is 0 Å². The highest BCUT2D eigenvalue weighted by molar-refractivity contribution is 5.70. The number of carbonyl (C=O) groups is 2. The molecule has 0 fully saturated rings. The number of hydrogen-bond donors (Lipinski definition) is 1. The van der Waals surface area contributed by atoms with Crippen molar-refractivity contribution in [2.45, 2.75) is 495 Å². The van der Waals surface area contributed by atoms with Gasteiger partial charge in [0.05, 0.1) is 6.61 Å². The summed E-state index contributed by atoms with van der Waals surface area (Å²) in [6.07, 6.45) is 105. The third-order valence-electron chi connectivity index (χ3n) is 19.6. The van der Waals surface area contributed by atoms with Crippen LogP contribution in [-0.2, 0) is 19.1 Å². The Labute approximate surface area is 553 Å². The predicted octanol–water partition coefficient (Wildman–Crippen LogP) is 28.9. The van der Waals surface area contributed by atoms with E-state index in [1.807, 2.05) is 0 Å². The molecule has 0 aliphatic rings. The van der Waals surface area contributed by atoms with Gasteiger partial charge >= 0.3 is 11.9 Å². The van der Waals surface area contributed by atoms with Crippen LogP contribution in [0.1, 0.15) is 489 Å². The van der Waals surface area contributed by atoms with Crippen molar-refractivity contribution in [2.75, 3.05) is 13.2 Å². The molecule has 0 saturated heterocycles. The van der Waals surface area contributed by atoms with E-state index in [1.165, 1.54) is 430 Å². The van der Waals surface area contributed by atoms with Gasteiger partial charge in [-0.3, -0.25) is 9.59 Å². The van der Waals surface area contributed by atoms with Crippen molar-refractivity contribution in [3.8, 4) is 0 Å². The zero-order valence-corrected chi connectivity index (χ0v) is 60.6. The third-order valence-corrected chi connectivity index (χ3v) is 19.6. The number of hydrogen-bond acceptors (Lipinski definition) is 5. The molecular formula is C83H162O5. The Morgan fingerprint density at radius 3 is 0.614 bits per heavy atom. The van der Waals surface area contributed by atoms with Gasteiger partial charge in [-0.05, 0) is 38.5 Å². The number of aliphatic hydroxyl groups is 1. The number of carbonyl (C=O) groups excluding carboxylic acids is 2. The molecule has 5 nitrogen and oxygen atoms in total. The monoisotopic (exact) mass is 1240 g/mol. The number of ether oxygens (including phenoxy) is 2. The molecule has 0 spiro atoms. The van der Waals surface area contributed by atoms with E-state index < -0.39 is 6.10 Å². The Bertz CT molecular complexity index is 1310. The van der Waals surface area contributed by atoms with Gasteiger partial charge in [-0.25, -0.2) is 0 Å². The summed E-state index contributed by atoms with van der Waals surface area (Å²) in [5.74, 6) is -0.557. The Morgan fingerprint density at radius 1 is 0.250 bits per heavy atom. The highest BCUT2D eigenvalue weighted by atomic mass is 16.6. The van der Waals surface area contributed by atoms with Crippen molar-refractivity contribution in [3.05, 3.63) is 12.2 Å². The Kier molecular flexibility index (Phi) is 78.6. The number of aliphatic hydroxyl groups excluding tert-OH is 1. The molecule has 1 unspecified atom stereocenters. The van der Waals surface area contributed by atoms with Crippen LogP contribution < -0.4 is 0 Å². The fourth-order valence-electron chi connectivity index (χ4n) is 13.4. The van der Waals surface area contributed by atoms with E-state index in [0.717, 1.165) is 32.1 Å². The molecule has 0 aliphatic carbocycles. The van der Waals surface area contributed by atoms with E-state index in [0.29, 0.717) is 12.8 Å². The molecule has 524 valence electrons. The van der Waals surface area contributed by atoms with Crippen molar-refractivity contribution in [1.29, 1.82) is 0 Å². The maximum atomic E-state index is 12.4. The second-order valence-electron chi connectivity index (χ2n) is 28.6. The average Bonchev–Trinajstić information content (AvgIpc) is 3.55. The molecule has 0 saturated carbocycles. The van der Waals surface area contributed by atoms with Crippen LogP contribution in [0.25, 0.3) is 0 Å². The van der Waals surface area contributed by atoms with Crippen LogP contribution in [0.15, 0.2) is 12.2 Å². The maximum absolute atomic E-state index is 12.4. The summed E-state index contributed by atoms with van der Waals surface area (Å²) in [6, 6.07) is 0. The molecule has 0 amide bonds. The van der Waals surface area contributed by atoms with Gasteiger partial charge in [-0.2, -0.15) is 0 Å². The van der Waals surface area contributed by atoms with E-state index in [2.05, 4.69) is 26.0 Å². The second kappa shape index (κ2) is 79.9. The Morgan fingerprint density at radius 2 is 0.420 bits per heavy atom. The molecule has 0 aromatic heterocycles.